The predicted octanol–water partition coefficient (Wildman–Crippen LogP) is 3.14. The van der Waals surface area contributed by atoms with Gasteiger partial charge < -0.3 is 19.8 Å². The summed E-state index contributed by atoms with van der Waals surface area (Å²) >= 11 is 1.65. The summed E-state index contributed by atoms with van der Waals surface area (Å²) in [7, 11) is 1.74. The zero-order chi connectivity index (χ0) is 27.8. The summed E-state index contributed by atoms with van der Waals surface area (Å²) in [4.78, 5) is 47.7. The third-order valence-corrected chi connectivity index (χ3v) is 10.3. The Morgan fingerprint density at radius 1 is 1.18 bits per heavy atom. The lowest BCUT2D eigenvalue weighted by atomic mass is 9.70. The molecular formula is C30H41N3O4S. The van der Waals surface area contributed by atoms with E-state index in [2.05, 4.69) is 13.2 Å². The number of aliphatic hydroxyl groups excluding tert-OH is 1. The molecule has 0 aliphatic carbocycles. The minimum absolute atomic E-state index is 0.00893. The van der Waals surface area contributed by atoms with Gasteiger partial charge in [0.2, 0.25) is 17.7 Å². The van der Waals surface area contributed by atoms with Crippen LogP contribution in [-0.2, 0) is 20.8 Å². The molecule has 3 aliphatic rings. The fourth-order valence-corrected chi connectivity index (χ4v) is 8.88. The van der Waals surface area contributed by atoms with Crippen molar-refractivity contribution < 1.29 is 19.5 Å². The molecule has 1 aromatic carbocycles. The van der Waals surface area contributed by atoms with Crippen LogP contribution in [0.15, 0.2) is 55.6 Å². The number of aliphatic hydroxyl groups is 1. The number of carbonyl (C=O) groups excluding carboxylic acids is 3. The number of fused-ring (bicyclic) bond motifs is 1. The SMILES string of the molecule is C=CCN(C)C(=O)[C@@H]1[C@H]2C(=O)N([C@@H](CO)Cc3ccccc3)C(C(=O)N(CC=C)C(C)(C)C)C23CC[C@H]1S3. The number of likely N-dealkylation sites (N-methyl/N-ethyl adjacent to an activating group) is 1. The molecule has 4 rings (SSSR count). The largest absolute Gasteiger partial charge is 0.394 e. The molecule has 3 aliphatic heterocycles. The van der Waals surface area contributed by atoms with Crippen LogP contribution in [0.4, 0.5) is 0 Å². The Labute approximate surface area is 230 Å². The number of carbonyl (C=O) groups is 3. The van der Waals surface area contributed by atoms with Crippen molar-refractivity contribution in [2.24, 2.45) is 11.8 Å². The lowest BCUT2D eigenvalue weighted by Gasteiger charge is -2.43. The average Bonchev–Trinajstić information content (AvgIpc) is 3.52. The van der Waals surface area contributed by atoms with E-state index in [1.165, 1.54) is 0 Å². The molecule has 6 atom stereocenters. The molecule has 0 radical (unpaired) electrons. The molecule has 0 saturated carbocycles. The van der Waals surface area contributed by atoms with Gasteiger partial charge in [0, 0.05) is 30.9 Å². The van der Waals surface area contributed by atoms with Crippen LogP contribution in [0, 0.1) is 11.8 Å². The number of benzene rings is 1. The Hall–Kier alpha value is -2.58. The number of hydrogen-bond donors (Lipinski definition) is 1. The van der Waals surface area contributed by atoms with Gasteiger partial charge in [0.1, 0.15) is 6.04 Å². The zero-order valence-electron chi connectivity index (χ0n) is 23.0. The molecular weight excluding hydrogens is 498 g/mol. The fourth-order valence-electron chi connectivity index (χ4n) is 6.69. The van der Waals surface area contributed by atoms with Gasteiger partial charge in [0.05, 0.1) is 29.2 Å². The highest BCUT2D eigenvalue weighted by molar-refractivity contribution is 8.02. The van der Waals surface area contributed by atoms with Gasteiger partial charge >= 0.3 is 0 Å². The first kappa shape index (κ1) is 28.4. The molecule has 7 nitrogen and oxygen atoms in total. The van der Waals surface area contributed by atoms with Crippen molar-refractivity contribution in [3.8, 4) is 0 Å². The summed E-state index contributed by atoms with van der Waals surface area (Å²) in [6, 6.07) is 8.38. The number of amides is 3. The second-order valence-electron chi connectivity index (χ2n) is 11.7. The van der Waals surface area contributed by atoms with Gasteiger partial charge in [-0.15, -0.1) is 24.9 Å². The Morgan fingerprint density at radius 2 is 1.84 bits per heavy atom. The van der Waals surface area contributed by atoms with Crippen molar-refractivity contribution in [3.05, 3.63) is 61.2 Å². The van der Waals surface area contributed by atoms with Crippen LogP contribution >= 0.6 is 11.8 Å². The van der Waals surface area contributed by atoms with E-state index in [9.17, 15) is 19.5 Å². The van der Waals surface area contributed by atoms with E-state index in [4.69, 9.17) is 0 Å². The second kappa shape index (κ2) is 10.9. The van der Waals surface area contributed by atoms with Gasteiger partial charge in [-0.3, -0.25) is 14.4 Å². The maximum absolute atomic E-state index is 14.5. The first-order valence-electron chi connectivity index (χ1n) is 13.4. The maximum atomic E-state index is 14.5. The smallest absolute Gasteiger partial charge is 0.247 e. The lowest BCUT2D eigenvalue weighted by Crippen LogP contribution is -2.61. The van der Waals surface area contributed by atoms with Crippen LogP contribution in [0.5, 0.6) is 0 Å². The van der Waals surface area contributed by atoms with Crippen molar-refractivity contribution in [2.75, 3.05) is 26.7 Å². The van der Waals surface area contributed by atoms with Gasteiger partial charge in [0.25, 0.3) is 0 Å². The molecule has 206 valence electrons. The second-order valence-corrected chi connectivity index (χ2v) is 13.3. The summed E-state index contributed by atoms with van der Waals surface area (Å²) in [5.74, 6) is -1.50. The fraction of sp³-hybridized carbons (Fsp3) is 0.567. The molecule has 1 N–H and O–H groups in total. The molecule has 3 amide bonds. The van der Waals surface area contributed by atoms with E-state index in [-0.39, 0.29) is 29.6 Å². The molecule has 1 spiro atoms. The molecule has 0 aromatic heterocycles. The normalized spacial score (nSPS) is 28.7. The van der Waals surface area contributed by atoms with Gasteiger partial charge in [-0.2, -0.15) is 0 Å². The quantitative estimate of drug-likeness (QED) is 0.462. The van der Waals surface area contributed by atoms with Gasteiger partial charge in [-0.05, 0) is 45.6 Å². The van der Waals surface area contributed by atoms with E-state index in [1.54, 1.807) is 45.7 Å². The number of thioether (sulfide) groups is 1. The summed E-state index contributed by atoms with van der Waals surface area (Å²) in [6.45, 7) is 14.0. The molecule has 38 heavy (non-hydrogen) atoms. The molecule has 2 bridgehead atoms. The first-order valence-corrected chi connectivity index (χ1v) is 14.3. The number of nitrogens with zero attached hydrogens (tertiary/aromatic N) is 3. The van der Waals surface area contributed by atoms with Crippen molar-refractivity contribution in [1.82, 2.24) is 14.7 Å². The van der Waals surface area contributed by atoms with E-state index in [1.807, 2.05) is 51.1 Å². The molecule has 3 heterocycles. The highest BCUT2D eigenvalue weighted by Gasteiger charge is 2.74. The third-order valence-electron chi connectivity index (χ3n) is 8.34. The van der Waals surface area contributed by atoms with Crippen molar-refractivity contribution in [2.45, 2.75) is 67.7 Å². The molecule has 2 unspecified atom stereocenters. The summed E-state index contributed by atoms with van der Waals surface area (Å²) < 4.78 is -0.705. The first-order chi connectivity index (χ1) is 18.0. The minimum Gasteiger partial charge on any atom is -0.394 e. The highest BCUT2D eigenvalue weighted by Crippen LogP contribution is 2.67. The maximum Gasteiger partial charge on any atom is 0.247 e. The van der Waals surface area contributed by atoms with E-state index >= 15 is 0 Å². The van der Waals surface area contributed by atoms with E-state index in [0.717, 1.165) is 12.0 Å². The summed E-state index contributed by atoms with van der Waals surface area (Å²) in [5, 5.41) is 10.6. The van der Waals surface area contributed by atoms with E-state index in [0.29, 0.717) is 25.9 Å². The lowest BCUT2D eigenvalue weighted by molar-refractivity contribution is -0.148. The van der Waals surface area contributed by atoms with Crippen molar-refractivity contribution in [3.63, 3.8) is 0 Å². The van der Waals surface area contributed by atoms with Crippen LogP contribution in [0.3, 0.4) is 0 Å². The van der Waals surface area contributed by atoms with Crippen LogP contribution in [0.25, 0.3) is 0 Å². The Morgan fingerprint density at radius 3 is 2.42 bits per heavy atom. The van der Waals surface area contributed by atoms with Crippen molar-refractivity contribution >= 4 is 29.5 Å². The number of likely N-dealkylation sites (tertiary alicyclic amines) is 1. The van der Waals surface area contributed by atoms with Crippen LogP contribution in [0.1, 0.15) is 39.2 Å². The number of hydrogen-bond acceptors (Lipinski definition) is 5. The standard InChI is InChI=1S/C30H41N3O4S/c1-7-16-31(6)26(35)23-22-14-15-30(38-22)24(23)27(36)33(21(19-34)18-20-12-10-9-11-13-20)25(30)28(37)32(17-8-2)29(3,4)5/h7-13,21-25,34H,1-2,14-19H2,3-6H3/t21-,22-,23+,24+,25?,30?/m1/s1. The zero-order valence-corrected chi connectivity index (χ0v) is 23.8. The number of rotatable bonds is 10. The molecule has 3 fully saturated rings. The monoisotopic (exact) mass is 539 g/mol. The highest BCUT2D eigenvalue weighted by atomic mass is 32.2. The third kappa shape index (κ3) is 4.70. The minimum atomic E-state index is -0.766. The Kier molecular flexibility index (Phi) is 8.15. The molecule has 8 heteroatoms. The van der Waals surface area contributed by atoms with E-state index < -0.39 is 34.2 Å². The van der Waals surface area contributed by atoms with Crippen LogP contribution in [0.2, 0.25) is 0 Å². The predicted molar refractivity (Wildman–Crippen MR) is 151 cm³/mol. The van der Waals surface area contributed by atoms with Gasteiger partial charge in [-0.25, -0.2) is 0 Å². The average molecular weight is 540 g/mol. The van der Waals surface area contributed by atoms with Crippen LogP contribution in [-0.4, -0.2) is 91.9 Å². The summed E-state index contributed by atoms with van der Waals surface area (Å²) in [6.07, 6.45) is 5.29. The van der Waals surface area contributed by atoms with Gasteiger partial charge in [0.15, 0.2) is 0 Å². The Bertz CT molecular complexity index is 1090. The van der Waals surface area contributed by atoms with Crippen LogP contribution < -0.4 is 0 Å². The molecule has 3 saturated heterocycles. The van der Waals surface area contributed by atoms with Gasteiger partial charge in [-0.1, -0.05) is 42.5 Å². The summed E-state index contributed by atoms with van der Waals surface area (Å²) in [5.41, 5.74) is 0.484. The topological polar surface area (TPSA) is 81.2 Å². The van der Waals surface area contributed by atoms with Crippen molar-refractivity contribution in [1.29, 1.82) is 0 Å². The Balaban J connectivity index is 1.81. The molecule has 1 aromatic rings.